The van der Waals surface area contributed by atoms with Gasteiger partial charge < -0.3 is 14.5 Å². The Morgan fingerprint density at radius 3 is 2.45 bits per heavy atom. The molecule has 1 N–H and O–H groups in total. The first-order valence-electron chi connectivity index (χ1n) is 10.5. The number of carbonyl (C=O) groups is 2. The number of aromatic amines is 1. The van der Waals surface area contributed by atoms with Crippen molar-refractivity contribution in [3.05, 3.63) is 45.2 Å². The molecular weight excluding hydrogens is 441 g/mol. The van der Waals surface area contributed by atoms with E-state index in [9.17, 15) is 9.59 Å². The van der Waals surface area contributed by atoms with E-state index in [0.29, 0.717) is 54.5 Å². The highest BCUT2D eigenvalue weighted by Crippen LogP contribution is 2.34. The fraction of sp³-hybridized carbons (Fsp3) is 0.524. The first-order valence-corrected chi connectivity index (χ1v) is 11.3. The Labute approximate surface area is 189 Å². The number of carbonyl (C=O) groups excluding carboxylic acids is 2. The van der Waals surface area contributed by atoms with Gasteiger partial charge in [-0.05, 0) is 36.6 Å². The number of benzene rings is 1. The molecule has 0 radical (unpaired) electrons. The second-order valence-corrected chi connectivity index (χ2v) is 9.55. The van der Waals surface area contributed by atoms with Crippen molar-refractivity contribution in [2.24, 2.45) is 17.8 Å². The average molecular weight is 464 g/mol. The second kappa shape index (κ2) is 8.31. The summed E-state index contributed by atoms with van der Waals surface area (Å²) >= 11 is 12.0. The number of aryl methyl sites for hydroxylation is 1. The van der Waals surface area contributed by atoms with E-state index >= 15 is 0 Å². The molecular formula is C21H23Cl2N5O3. The molecule has 0 bridgehead atoms. The second-order valence-electron chi connectivity index (χ2n) is 8.68. The van der Waals surface area contributed by atoms with Gasteiger partial charge in [-0.1, -0.05) is 28.4 Å². The van der Waals surface area contributed by atoms with Gasteiger partial charge in [0.15, 0.2) is 0 Å². The molecule has 1 aromatic heterocycles. The largest absolute Gasteiger partial charge is 0.445 e. The lowest BCUT2D eigenvalue weighted by Gasteiger charge is -2.27. The van der Waals surface area contributed by atoms with E-state index in [-0.39, 0.29) is 24.5 Å². The molecule has 1 aliphatic carbocycles. The standard InChI is InChI=1S/C21H23Cl2N5O3/c22-16-3-12(4-17(23)6-16)11-31-21(30)28-9-14-7-27(8-15(14)10-28)20(29)13-1-2-18-19(5-13)25-26-24-18/h3-4,6,13-15H,1-2,5,7-11H2,(H,24,25,26)/t13-,14-,15-/m0/s1. The Bertz CT molecular complexity index is 978. The Balaban J connectivity index is 1.12. The molecule has 2 aliphatic heterocycles. The summed E-state index contributed by atoms with van der Waals surface area (Å²) < 4.78 is 5.46. The molecule has 3 atom stereocenters. The molecule has 2 fully saturated rings. The molecule has 164 valence electrons. The van der Waals surface area contributed by atoms with Gasteiger partial charge in [-0.3, -0.25) is 9.89 Å². The van der Waals surface area contributed by atoms with Gasteiger partial charge in [0.25, 0.3) is 0 Å². The van der Waals surface area contributed by atoms with Crippen LogP contribution in [0.3, 0.4) is 0 Å². The molecule has 3 heterocycles. The van der Waals surface area contributed by atoms with E-state index in [1.807, 2.05) is 4.90 Å². The molecule has 1 aromatic carbocycles. The lowest BCUT2D eigenvalue weighted by Crippen LogP contribution is -2.40. The number of amides is 2. The number of aromatic nitrogens is 3. The summed E-state index contributed by atoms with van der Waals surface area (Å²) in [4.78, 5) is 29.3. The Hall–Kier alpha value is -2.32. The van der Waals surface area contributed by atoms with Crippen molar-refractivity contribution in [3.8, 4) is 0 Å². The van der Waals surface area contributed by atoms with E-state index in [2.05, 4.69) is 15.4 Å². The number of hydrogen-bond donors (Lipinski definition) is 1. The van der Waals surface area contributed by atoms with Gasteiger partial charge in [0.1, 0.15) is 6.61 Å². The molecule has 3 aliphatic rings. The quantitative estimate of drug-likeness (QED) is 0.755. The number of nitrogens with one attached hydrogen (secondary N) is 1. The van der Waals surface area contributed by atoms with Gasteiger partial charge in [0.05, 0.1) is 11.4 Å². The van der Waals surface area contributed by atoms with Gasteiger partial charge in [-0.2, -0.15) is 0 Å². The first kappa shape index (κ1) is 20.6. The van der Waals surface area contributed by atoms with E-state index in [0.717, 1.165) is 29.8 Å². The minimum atomic E-state index is -0.339. The average Bonchev–Trinajstić information content (AvgIpc) is 3.44. The van der Waals surface area contributed by atoms with E-state index in [1.54, 1.807) is 23.1 Å². The molecule has 0 unspecified atom stereocenters. The molecule has 31 heavy (non-hydrogen) atoms. The molecule has 2 aromatic rings. The molecule has 8 nitrogen and oxygen atoms in total. The van der Waals surface area contributed by atoms with Crippen molar-refractivity contribution in [1.82, 2.24) is 25.2 Å². The number of halogens is 2. The minimum absolute atomic E-state index is 0.0259. The fourth-order valence-corrected chi connectivity index (χ4v) is 5.58. The highest BCUT2D eigenvalue weighted by Gasteiger charge is 2.44. The zero-order chi connectivity index (χ0) is 21.5. The van der Waals surface area contributed by atoms with Crippen LogP contribution in [0.25, 0.3) is 0 Å². The Morgan fingerprint density at radius 1 is 1.06 bits per heavy atom. The molecule has 10 heteroatoms. The monoisotopic (exact) mass is 463 g/mol. The molecule has 5 rings (SSSR count). The van der Waals surface area contributed by atoms with Gasteiger partial charge in [-0.15, -0.1) is 5.10 Å². The lowest BCUT2D eigenvalue weighted by atomic mass is 9.89. The van der Waals surface area contributed by atoms with Crippen LogP contribution in [-0.4, -0.2) is 63.4 Å². The van der Waals surface area contributed by atoms with Crippen molar-refractivity contribution in [2.45, 2.75) is 25.9 Å². The van der Waals surface area contributed by atoms with Crippen LogP contribution in [0.15, 0.2) is 18.2 Å². The van der Waals surface area contributed by atoms with Crippen molar-refractivity contribution >= 4 is 35.2 Å². The van der Waals surface area contributed by atoms with E-state index < -0.39 is 0 Å². The summed E-state index contributed by atoms with van der Waals surface area (Å²) in [5, 5.41) is 11.9. The lowest BCUT2D eigenvalue weighted by molar-refractivity contribution is -0.135. The van der Waals surface area contributed by atoms with Gasteiger partial charge >= 0.3 is 6.09 Å². The highest BCUT2D eigenvalue weighted by atomic mass is 35.5. The van der Waals surface area contributed by atoms with Crippen molar-refractivity contribution in [2.75, 3.05) is 26.2 Å². The number of nitrogens with zero attached hydrogens (tertiary/aromatic N) is 4. The smallest absolute Gasteiger partial charge is 0.410 e. The normalized spacial score (nSPS) is 24.8. The third kappa shape index (κ3) is 4.23. The number of rotatable bonds is 3. The zero-order valence-corrected chi connectivity index (χ0v) is 18.4. The van der Waals surface area contributed by atoms with Crippen LogP contribution >= 0.6 is 23.2 Å². The summed E-state index contributed by atoms with van der Waals surface area (Å²) in [5.74, 6) is 0.767. The van der Waals surface area contributed by atoms with Gasteiger partial charge in [-0.25, -0.2) is 4.79 Å². The summed E-state index contributed by atoms with van der Waals surface area (Å²) in [5.41, 5.74) is 2.72. The minimum Gasteiger partial charge on any atom is -0.445 e. The Kier molecular flexibility index (Phi) is 5.52. The van der Waals surface area contributed by atoms with Crippen molar-refractivity contribution in [3.63, 3.8) is 0 Å². The molecule has 0 spiro atoms. The van der Waals surface area contributed by atoms with Crippen LogP contribution in [0.2, 0.25) is 10.0 Å². The van der Waals surface area contributed by atoms with Crippen LogP contribution < -0.4 is 0 Å². The topological polar surface area (TPSA) is 91.4 Å². The predicted molar refractivity (Wildman–Crippen MR) is 114 cm³/mol. The predicted octanol–water partition coefficient (Wildman–Crippen LogP) is 2.94. The molecule has 2 saturated heterocycles. The van der Waals surface area contributed by atoms with Gasteiger partial charge in [0.2, 0.25) is 5.91 Å². The fourth-order valence-electron chi connectivity index (χ4n) is 5.01. The maximum Gasteiger partial charge on any atom is 0.410 e. The van der Waals surface area contributed by atoms with E-state index in [1.165, 1.54) is 0 Å². The summed E-state index contributed by atoms with van der Waals surface area (Å²) in [6.45, 7) is 2.74. The number of ether oxygens (including phenoxy) is 1. The SMILES string of the molecule is O=C(OCc1cc(Cl)cc(Cl)c1)N1C[C@@H]2CN(C(=O)[C@H]3CCc4[nH]nnc4C3)C[C@H]2C1. The van der Waals surface area contributed by atoms with Crippen molar-refractivity contribution in [1.29, 1.82) is 0 Å². The molecule has 0 saturated carbocycles. The number of H-pyrrole nitrogens is 1. The first-order chi connectivity index (χ1) is 15.0. The number of likely N-dealkylation sites (tertiary alicyclic amines) is 2. The van der Waals surface area contributed by atoms with Crippen LogP contribution in [0, 0.1) is 17.8 Å². The maximum atomic E-state index is 13.0. The third-order valence-corrected chi connectivity index (χ3v) is 7.01. The highest BCUT2D eigenvalue weighted by molar-refractivity contribution is 6.34. The number of hydrogen-bond acceptors (Lipinski definition) is 5. The Morgan fingerprint density at radius 2 is 1.74 bits per heavy atom. The summed E-state index contributed by atoms with van der Waals surface area (Å²) in [6, 6.07) is 5.10. The number of fused-ring (bicyclic) bond motifs is 2. The van der Waals surface area contributed by atoms with Gasteiger partial charge in [0, 0.05) is 60.4 Å². The summed E-state index contributed by atoms with van der Waals surface area (Å²) in [7, 11) is 0. The van der Waals surface area contributed by atoms with E-state index in [4.69, 9.17) is 27.9 Å². The summed E-state index contributed by atoms with van der Waals surface area (Å²) in [6.07, 6.45) is 1.96. The van der Waals surface area contributed by atoms with Crippen LogP contribution in [0.4, 0.5) is 4.79 Å². The zero-order valence-electron chi connectivity index (χ0n) is 16.9. The maximum absolute atomic E-state index is 13.0. The molecule has 2 amide bonds. The van der Waals surface area contributed by atoms with Crippen LogP contribution in [0.1, 0.15) is 23.4 Å². The van der Waals surface area contributed by atoms with Crippen molar-refractivity contribution < 1.29 is 14.3 Å². The van der Waals surface area contributed by atoms with Crippen LogP contribution in [-0.2, 0) is 29.0 Å². The van der Waals surface area contributed by atoms with Crippen LogP contribution in [0.5, 0.6) is 0 Å². The third-order valence-electron chi connectivity index (χ3n) is 6.58.